The van der Waals surface area contributed by atoms with Crippen LogP contribution in [0.3, 0.4) is 0 Å². The molecule has 0 atom stereocenters. The highest BCUT2D eigenvalue weighted by Gasteiger charge is 2.13. The van der Waals surface area contributed by atoms with E-state index >= 15 is 0 Å². The van der Waals surface area contributed by atoms with Crippen LogP contribution >= 0.6 is 0 Å². The van der Waals surface area contributed by atoms with Gasteiger partial charge in [0, 0.05) is 12.4 Å². The van der Waals surface area contributed by atoms with Gasteiger partial charge in [0.2, 0.25) is 0 Å². The Labute approximate surface area is 114 Å². The lowest BCUT2D eigenvalue weighted by atomic mass is 10.0. The second-order valence-electron chi connectivity index (χ2n) is 4.26. The molecule has 0 saturated carbocycles. The maximum absolute atomic E-state index is 11.2. The van der Waals surface area contributed by atoms with Crippen molar-refractivity contribution in [1.82, 2.24) is 14.8 Å². The fraction of sp³-hybridized carbons (Fsp3) is 0.0714. The zero-order valence-electron chi connectivity index (χ0n) is 10.6. The van der Waals surface area contributed by atoms with Crippen LogP contribution in [0.25, 0.3) is 10.8 Å². The zero-order chi connectivity index (χ0) is 14.1. The Morgan fingerprint density at radius 2 is 1.95 bits per heavy atom. The van der Waals surface area contributed by atoms with E-state index < -0.39 is 5.97 Å². The average molecular weight is 269 g/mol. The molecule has 100 valence electrons. The van der Waals surface area contributed by atoms with E-state index in [-0.39, 0.29) is 11.6 Å². The normalized spacial score (nSPS) is 10.7. The highest BCUT2D eigenvalue weighted by atomic mass is 16.5. The van der Waals surface area contributed by atoms with E-state index in [2.05, 4.69) is 10.1 Å². The third-order valence-corrected chi connectivity index (χ3v) is 2.89. The van der Waals surface area contributed by atoms with Crippen LogP contribution in [0, 0.1) is 0 Å². The Balaban J connectivity index is 2.12. The minimum atomic E-state index is -0.969. The first-order chi connectivity index (χ1) is 9.65. The molecule has 3 rings (SSSR count). The summed E-state index contributed by atoms with van der Waals surface area (Å²) in [6.07, 6.45) is 1.53. The molecule has 0 radical (unpaired) electrons. The Bertz CT molecular complexity index is 795. The molecule has 0 aliphatic heterocycles. The number of benzene rings is 2. The molecule has 0 fully saturated rings. The average Bonchev–Trinajstić information content (AvgIpc) is 2.84. The van der Waals surface area contributed by atoms with Crippen LogP contribution in [-0.4, -0.2) is 25.8 Å². The smallest absolute Gasteiger partial charge is 0.340 e. The second-order valence-corrected chi connectivity index (χ2v) is 4.26. The molecule has 20 heavy (non-hydrogen) atoms. The minimum Gasteiger partial charge on any atom is -0.478 e. The molecule has 2 aromatic carbocycles. The Kier molecular flexibility index (Phi) is 2.83. The number of aromatic nitrogens is 3. The largest absolute Gasteiger partial charge is 0.478 e. The lowest BCUT2D eigenvalue weighted by Crippen LogP contribution is -1.98. The molecular weight excluding hydrogens is 258 g/mol. The van der Waals surface area contributed by atoms with Crippen LogP contribution in [-0.2, 0) is 7.05 Å². The monoisotopic (exact) mass is 269 g/mol. The summed E-state index contributed by atoms with van der Waals surface area (Å²) in [5.41, 5.74) is 0.238. The van der Waals surface area contributed by atoms with Crippen molar-refractivity contribution in [2.75, 3.05) is 0 Å². The maximum Gasteiger partial charge on any atom is 0.340 e. The van der Waals surface area contributed by atoms with Gasteiger partial charge in [-0.2, -0.15) is 4.98 Å². The highest BCUT2D eigenvalue weighted by molar-refractivity contribution is 6.05. The van der Waals surface area contributed by atoms with Crippen LogP contribution in [0.4, 0.5) is 0 Å². The molecule has 0 amide bonds. The molecule has 0 unspecified atom stereocenters. The zero-order valence-corrected chi connectivity index (χ0v) is 10.6. The molecule has 3 aromatic rings. The van der Waals surface area contributed by atoms with Gasteiger partial charge in [0.05, 0.1) is 5.56 Å². The van der Waals surface area contributed by atoms with Gasteiger partial charge in [-0.3, -0.25) is 4.68 Å². The van der Waals surface area contributed by atoms with E-state index in [1.807, 2.05) is 6.07 Å². The molecule has 0 aliphatic carbocycles. The van der Waals surface area contributed by atoms with Crippen molar-refractivity contribution in [3.63, 3.8) is 0 Å². The van der Waals surface area contributed by atoms with Gasteiger partial charge in [0.15, 0.2) is 0 Å². The summed E-state index contributed by atoms with van der Waals surface area (Å²) in [5.74, 6) is -0.444. The van der Waals surface area contributed by atoms with Crippen LogP contribution in [0.5, 0.6) is 11.8 Å². The van der Waals surface area contributed by atoms with Crippen LogP contribution in [0.1, 0.15) is 10.4 Å². The number of aromatic carboxylic acids is 1. The van der Waals surface area contributed by atoms with Gasteiger partial charge in [-0.15, -0.1) is 5.10 Å². The molecule has 1 aromatic heterocycles. The predicted octanol–water partition coefficient (Wildman–Crippen LogP) is 2.46. The van der Waals surface area contributed by atoms with Crippen molar-refractivity contribution in [3.8, 4) is 11.8 Å². The van der Waals surface area contributed by atoms with E-state index in [1.54, 1.807) is 31.3 Å². The first-order valence-corrected chi connectivity index (χ1v) is 5.93. The lowest BCUT2D eigenvalue weighted by Gasteiger charge is -2.08. The third-order valence-electron chi connectivity index (χ3n) is 2.89. The third kappa shape index (κ3) is 2.07. The van der Waals surface area contributed by atoms with Gasteiger partial charge in [0.25, 0.3) is 0 Å². The van der Waals surface area contributed by atoms with E-state index in [1.165, 1.54) is 17.1 Å². The van der Waals surface area contributed by atoms with Crippen molar-refractivity contribution >= 4 is 16.7 Å². The van der Waals surface area contributed by atoms with Gasteiger partial charge in [-0.25, -0.2) is 4.79 Å². The maximum atomic E-state index is 11.2. The fourth-order valence-electron chi connectivity index (χ4n) is 2.01. The van der Waals surface area contributed by atoms with Gasteiger partial charge in [-0.05, 0) is 17.5 Å². The van der Waals surface area contributed by atoms with Crippen molar-refractivity contribution in [3.05, 3.63) is 48.3 Å². The van der Waals surface area contributed by atoms with Crippen LogP contribution in [0.15, 0.2) is 42.7 Å². The number of ether oxygens (including phenoxy) is 1. The SMILES string of the molecule is Cn1cnc(Oc2ccc(C(=O)O)c3ccccc23)n1. The number of hydrogen-bond acceptors (Lipinski definition) is 4. The molecule has 0 saturated heterocycles. The highest BCUT2D eigenvalue weighted by Crippen LogP contribution is 2.30. The summed E-state index contributed by atoms with van der Waals surface area (Å²) in [7, 11) is 1.74. The topological polar surface area (TPSA) is 77.2 Å². The Morgan fingerprint density at radius 1 is 1.20 bits per heavy atom. The van der Waals surface area contributed by atoms with Gasteiger partial charge < -0.3 is 9.84 Å². The summed E-state index contributed by atoms with van der Waals surface area (Å²) in [5, 5.41) is 14.6. The van der Waals surface area contributed by atoms with Crippen molar-refractivity contribution in [2.45, 2.75) is 0 Å². The number of fused-ring (bicyclic) bond motifs is 1. The summed E-state index contributed by atoms with van der Waals surface area (Å²) < 4.78 is 7.14. The summed E-state index contributed by atoms with van der Waals surface area (Å²) in [6.45, 7) is 0. The summed E-state index contributed by atoms with van der Waals surface area (Å²) in [4.78, 5) is 15.2. The quantitative estimate of drug-likeness (QED) is 0.790. The molecule has 0 spiro atoms. The standard InChI is InChI=1S/C14H11N3O3/c1-17-8-15-14(16-17)20-12-7-6-11(13(18)19)9-4-2-3-5-10(9)12/h2-8H,1H3,(H,18,19). The van der Waals surface area contributed by atoms with Crippen molar-refractivity contribution in [1.29, 1.82) is 0 Å². The molecule has 1 N–H and O–H groups in total. The van der Waals surface area contributed by atoms with E-state index in [0.29, 0.717) is 16.5 Å². The first-order valence-electron chi connectivity index (χ1n) is 5.93. The van der Waals surface area contributed by atoms with Gasteiger partial charge in [-0.1, -0.05) is 24.3 Å². The summed E-state index contributed by atoms with van der Waals surface area (Å²) >= 11 is 0. The molecule has 0 aliphatic rings. The van der Waals surface area contributed by atoms with E-state index in [4.69, 9.17) is 4.74 Å². The van der Waals surface area contributed by atoms with Gasteiger partial charge >= 0.3 is 12.0 Å². The van der Waals surface area contributed by atoms with Crippen molar-refractivity contribution < 1.29 is 14.6 Å². The molecule has 6 nitrogen and oxygen atoms in total. The molecule has 1 heterocycles. The second kappa shape index (κ2) is 4.65. The predicted molar refractivity (Wildman–Crippen MR) is 72.0 cm³/mol. The molecular formula is C14H11N3O3. The van der Waals surface area contributed by atoms with Crippen molar-refractivity contribution in [2.24, 2.45) is 7.05 Å². The molecule has 0 bridgehead atoms. The lowest BCUT2D eigenvalue weighted by molar-refractivity contribution is 0.0699. The van der Waals surface area contributed by atoms with Gasteiger partial charge in [0.1, 0.15) is 12.1 Å². The Morgan fingerprint density at radius 3 is 2.60 bits per heavy atom. The number of carboxylic acid groups (broad SMARTS) is 1. The fourth-order valence-corrected chi connectivity index (χ4v) is 2.01. The minimum absolute atomic E-state index is 0.223. The number of carboxylic acids is 1. The summed E-state index contributed by atoms with van der Waals surface area (Å²) in [6, 6.07) is 10.5. The van der Waals surface area contributed by atoms with E-state index in [0.717, 1.165) is 0 Å². The van der Waals surface area contributed by atoms with Crippen LogP contribution in [0.2, 0.25) is 0 Å². The molecule has 6 heteroatoms. The number of carbonyl (C=O) groups is 1. The van der Waals surface area contributed by atoms with E-state index in [9.17, 15) is 9.90 Å². The van der Waals surface area contributed by atoms with Crippen LogP contribution < -0.4 is 4.74 Å². The Hall–Kier alpha value is -2.89. The number of aryl methyl sites for hydroxylation is 1. The number of nitrogens with zero attached hydrogens (tertiary/aromatic N) is 3. The first kappa shape index (κ1) is 12.2. The number of rotatable bonds is 3. The number of hydrogen-bond donors (Lipinski definition) is 1.